The normalized spacial score (nSPS) is 12.5. The molecular weight excluding hydrogens is 250 g/mol. The molecule has 6 heteroatoms. The van der Waals surface area contributed by atoms with E-state index in [4.69, 9.17) is 16.2 Å². The van der Waals surface area contributed by atoms with Crippen LogP contribution in [-0.4, -0.2) is 19.1 Å². The molecule has 102 valence electrons. The van der Waals surface area contributed by atoms with E-state index in [2.05, 4.69) is 26.1 Å². The first kappa shape index (κ1) is 14.6. The van der Waals surface area contributed by atoms with Gasteiger partial charge in [-0.15, -0.1) is 11.3 Å². The Morgan fingerprint density at radius 3 is 2.50 bits per heavy atom. The van der Waals surface area contributed by atoms with Crippen molar-refractivity contribution in [1.82, 2.24) is 0 Å². The fourth-order valence-electron chi connectivity index (χ4n) is 1.82. The smallest absolute Gasteiger partial charge is 0.261 e. The number of nitrogens with one attached hydrogen (secondary N) is 1. The number of carbonyl (C=O) groups is 1. The topological polar surface area (TPSA) is 90.4 Å². The van der Waals surface area contributed by atoms with Gasteiger partial charge in [0.15, 0.2) is 5.75 Å². The monoisotopic (exact) mass is 271 g/mol. The predicted molar refractivity (Wildman–Crippen MR) is 76.3 cm³/mol. The molecule has 0 saturated heterocycles. The van der Waals surface area contributed by atoms with Gasteiger partial charge in [0.1, 0.15) is 15.6 Å². The zero-order valence-corrected chi connectivity index (χ0v) is 12.1. The summed E-state index contributed by atoms with van der Waals surface area (Å²) in [5, 5.41) is 4.14. The van der Waals surface area contributed by atoms with E-state index in [0.717, 1.165) is 11.4 Å². The average Bonchev–Trinajstić information content (AvgIpc) is 2.62. The van der Waals surface area contributed by atoms with Crippen LogP contribution >= 0.6 is 11.3 Å². The molecule has 0 radical (unpaired) electrons. The van der Waals surface area contributed by atoms with Crippen LogP contribution in [0.25, 0.3) is 0 Å². The Morgan fingerprint density at radius 2 is 2.11 bits per heavy atom. The van der Waals surface area contributed by atoms with Crippen molar-refractivity contribution in [1.29, 1.82) is 0 Å². The van der Waals surface area contributed by atoms with E-state index in [1.165, 1.54) is 18.4 Å². The molecule has 0 saturated carbocycles. The highest BCUT2D eigenvalue weighted by Crippen LogP contribution is 2.42. The molecule has 5 nitrogen and oxygen atoms in total. The maximum absolute atomic E-state index is 11.3. The van der Waals surface area contributed by atoms with Crippen molar-refractivity contribution in [3.8, 4) is 5.75 Å². The minimum atomic E-state index is -0.526. The van der Waals surface area contributed by atoms with Crippen molar-refractivity contribution in [3.05, 3.63) is 4.88 Å². The van der Waals surface area contributed by atoms with Gasteiger partial charge < -0.3 is 21.5 Å². The van der Waals surface area contributed by atoms with Crippen molar-refractivity contribution in [3.63, 3.8) is 0 Å². The standard InChI is InChI=1S/C12H21N3O2S/c1-5-7(6(2)3)15-12-9(17-4)8(13)10(18-12)11(14)16/h6-7,15H,5,13H2,1-4H3,(H2,14,16). The van der Waals surface area contributed by atoms with E-state index in [9.17, 15) is 4.79 Å². The highest BCUT2D eigenvalue weighted by atomic mass is 32.1. The summed E-state index contributed by atoms with van der Waals surface area (Å²) in [7, 11) is 1.53. The third-order valence-electron chi connectivity index (χ3n) is 2.89. The molecule has 1 rings (SSSR count). The van der Waals surface area contributed by atoms with Gasteiger partial charge in [-0.05, 0) is 12.3 Å². The maximum atomic E-state index is 11.3. The van der Waals surface area contributed by atoms with E-state index in [0.29, 0.717) is 28.3 Å². The number of carbonyl (C=O) groups excluding carboxylic acids is 1. The van der Waals surface area contributed by atoms with Gasteiger partial charge in [0.2, 0.25) is 0 Å². The van der Waals surface area contributed by atoms with Gasteiger partial charge in [0.25, 0.3) is 5.91 Å². The van der Waals surface area contributed by atoms with E-state index in [1.54, 1.807) is 0 Å². The SMILES string of the molecule is CCC(Nc1sc(C(N)=O)c(N)c1OC)C(C)C. The van der Waals surface area contributed by atoms with Crippen molar-refractivity contribution in [2.75, 3.05) is 18.2 Å². The molecule has 0 spiro atoms. The van der Waals surface area contributed by atoms with Crippen molar-refractivity contribution >= 4 is 27.9 Å². The third-order valence-corrected chi connectivity index (χ3v) is 4.02. The zero-order valence-electron chi connectivity index (χ0n) is 11.2. The van der Waals surface area contributed by atoms with Crippen LogP contribution in [0.3, 0.4) is 0 Å². The molecule has 1 unspecified atom stereocenters. The lowest BCUT2D eigenvalue weighted by Crippen LogP contribution is -2.24. The van der Waals surface area contributed by atoms with Gasteiger partial charge >= 0.3 is 0 Å². The minimum absolute atomic E-state index is 0.303. The van der Waals surface area contributed by atoms with Crippen molar-refractivity contribution in [2.24, 2.45) is 11.7 Å². The summed E-state index contributed by atoms with van der Waals surface area (Å²) in [6.07, 6.45) is 0.977. The number of primary amides is 1. The summed E-state index contributed by atoms with van der Waals surface area (Å²) in [5.74, 6) is 0.453. The fourth-order valence-corrected chi connectivity index (χ4v) is 2.82. The van der Waals surface area contributed by atoms with Crippen LogP contribution in [0.4, 0.5) is 10.7 Å². The number of anilines is 2. The Morgan fingerprint density at radius 1 is 1.50 bits per heavy atom. The summed E-state index contributed by atoms with van der Waals surface area (Å²) >= 11 is 1.24. The van der Waals surface area contributed by atoms with Crippen molar-refractivity contribution < 1.29 is 9.53 Å². The van der Waals surface area contributed by atoms with Gasteiger partial charge in [-0.25, -0.2) is 0 Å². The number of thiophene rings is 1. The van der Waals surface area contributed by atoms with Gasteiger partial charge in [0, 0.05) is 6.04 Å². The predicted octanol–water partition coefficient (Wildman–Crippen LogP) is 2.28. The first-order valence-electron chi connectivity index (χ1n) is 5.94. The molecule has 0 aromatic carbocycles. The second kappa shape index (κ2) is 5.95. The van der Waals surface area contributed by atoms with E-state index in [-0.39, 0.29) is 0 Å². The molecule has 18 heavy (non-hydrogen) atoms. The molecule has 5 N–H and O–H groups in total. The number of hydrogen-bond acceptors (Lipinski definition) is 5. The first-order valence-corrected chi connectivity index (χ1v) is 6.76. The Balaban J connectivity index is 3.08. The lowest BCUT2D eigenvalue weighted by atomic mass is 10.0. The summed E-state index contributed by atoms with van der Waals surface area (Å²) in [6, 6.07) is 0.303. The molecule has 1 heterocycles. The Labute approximate surface area is 111 Å². The molecule has 0 aliphatic rings. The third kappa shape index (κ3) is 2.87. The molecule has 1 atom stereocenters. The summed E-state index contributed by atoms with van der Waals surface area (Å²) in [4.78, 5) is 11.6. The number of amides is 1. The molecule has 0 aliphatic heterocycles. The fraction of sp³-hybridized carbons (Fsp3) is 0.583. The number of nitrogens with two attached hydrogens (primary N) is 2. The van der Waals surface area contributed by atoms with E-state index < -0.39 is 5.91 Å². The molecular formula is C12H21N3O2S. The van der Waals surface area contributed by atoms with Crippen LogP contribution in [-0.2, 0) is 0 Å². The number of rotatable bonds is 6. The van der Waals surface area contributed by atoms with Gasteiger partial charge in [0.05, 0.1) is 7.11 Å². The second-order valence-corrected chi connectivity index (χ2v) is 5.50. The number of nitrogen functional groups attached to an aromatic ring is 1. The molecule has 1 aromatic heterocycles. The molecule has 0 bridgehead atoms. The lowest BCUT2D eigenvalue weighted by molar-refractivity contribution is 0.100. The molecule has 1 amide bonds. The van der Waals surface area contributed by atoms with Crippen LogP contribution in [0.5, 0.6) is 5.75 Å². The second-order valence-electron chi connectivity index (χ2n) is 4.47. The number of ether oxygens (including phenoxy) is 1. The number of hydrogen-bond donors (Lipinski definition) is 3. The molecule has 1 aromatic rings. The maximum Gasteiger partial charge on any atom is 0.261 e. The van der Waals surface area contributed by atoms with Gasteiger partial charge in [-0.1, -0.05) is 20.8 Å². The molecule has 0 fully saturated rings. The van der Waals surface area contributed by atoms with Gasteiger partial charge in [-0.2, -0.15) is 0 Å². The zero-order chi connectivity index (χ0) is 13.9. The summed E-state index contributed by atoms with van der Waals surface area (Å²) < 4.78 is 5.25. The van der Waals surface area contributed by atoms with Crippen LogP contribution in [0.15, 0.2) is 0 Å². The Bertz CT molecular complexity index is 429. The number of methoxy groups -OCH3 is 1. The minimum Gasteiger partial charge on any atom is -0.492 e. The first-order chi connectivity index (χ1) is 8.42. The average molecular weight is 271 g/mol. The van der Waals surface area contributed by atoms with Crippen LogP contribution < -0.4 is 21.5 Å². The highest BCUT2D eigenvalue weighted by Gasteiger charge is 2.22. The Hall–Kier alpha value is -1.43. The van der Waals surface area contributed by atoms with Crippen LogP contribution in [0, 0.1) is 5.92 Å². The summed E-state index contributed by atoms with van der Waals surface area (Å²) in [5.41, 5.74) is 11.5. The van der Waals surface area contributed by atoms with Gasteiger partial charge in [-0.3, -0.25) is 4.79 Å². The van der Waals surface area contributed by atoms with Crippen molar-refractivity contribution in [2.45, 2.75) is 33.2 Å². The summed E-state index contributed by atoms with van der Waals surface area (Å²) in [6.45, 7) is 6.38. The van der Waals surface area contributed by atoms with Crippen LogP contribution in [0.1, 0.15) is 36.9 Å². The highest BCUT2D eigenvalue weighted by molar-refractivity contribution is 7.19. The van der Waals surface area contributed by atoms with Crippen LogP contribution in [0.2, 0.25) is 0 Å². The quantitative estimate of drug-likeness (QED) is 0.740. The molecule has 0 aliphatic carbocycles. The largest absolute Gasteiger partial charge is 0.492 e. The van der Waals surface area contributed by atoms with E-state index >= 15 is 0 Å². The Kier molecular flexibility index (Phi) is 4.84. The lowest BCUT2D eigenvalue weighted by Gasteiger charge is -2.21. The van der Waals surface area contributed by atoms with E-state index in [1.807, 2.05) is 0 Å².